The average Bonchev–Trinajstić information content (AvgIpc) is 3.23. The van der Waals surface area contributed by atoms with Crippen molar-refractivity contribution >= 4 is 16.9 Å². The maximum Gasteiger partial charge on any atom is 0.308 e. The summed E-state index contributed by atoms with van der Waals surface area (Å²) in [6, 6.07) is 8.98. The number of fused-ring (bicyclic) bond motifs is 3. The quantitative estimate of drug-likeness (QED) is 0.287. The zero-order valence-corrected chi connectivity index (χ0v) is 21.1. The number of aromatic nitrogens is 1. The summed E-state index contributed by atoms with van der Waals surface area (Å²) in [6.07, 6.45) is 0.339. The smallest absolute Gasteiger partial charge is 0.308 e. The standard InChI is InChI=1S/C29H32F4N2O2/c1-3-37-29(36)18-10-8-17(9-11-18)19-13-22(30)26(23(31)14-19)28-27-21(12-16(2)35(28)15-25(32)33)20-6-4-5-7-24(20)34-27/h4-7,13-14,16-18,25,28,34H,3,8-12,15H2,1-2H3/t16-,17?,18?,28?/m1/s1. The van der Waals surface area contributed by atoms with Gasteiger partial charge in [-0.25, -0.2) is 17.6 Å². The Labute approximate surface area is 214 Å². The maximum atomic E-state index is 15.8. The van der Waals surface area contributed by atoms with Crippen molar-refractivity contribution in [3.05, 3.63) is 70.4 Å². The third kappa shape index (κ3) is 4.88. The van der Waals surface area contributed by atoms with Gasteiger partial charge in [0, 0.05) is 28.2 Å². The molecule has 2 heterocycles. The molecule has 2 aromatic carbocycles. The van der Waals surface area contributed by atoms with E-state index in [-0.39, 0.29) is 29.4 Å². The number of nitrogens with one attached hydrogen (secondary N) is 1. The summed E-state index contributed by atoms with van der Waals surface area (Å²) < 4.78 is 64.0. The van der Waals surface area contributed by atoms with Crippen LogP contribution in [0.4, 0.5) is 17.6 Å². The Balaban J connectivity index is 1.50. The molecule has 5 rings (SSSR count). The third-order valence-corrected chi connectivity index (χ3v) is 8.06. The van der Waals surface area contributed by atoms with Gasteiger partial charge in [0.25, 0.3) is 6.43 Å². The highest BCUT2D eigenvalue weighted by molar-refractivity contribution is 5.85. The van der Waals surface area contributed by atoms with Crippen molar-refractivity contribution in [2.45, 2.75) is 70.4 Å². The summed E-state index contributed by atoms with van der Waals surface area (Å²) in [4.78, 5) is 16.9. The summed E-state index contributed by atoms with van der Waals surface area (Å²) in [5.41, 5.74) is 2.64. The van der Waals surface area contributed by atoms with Crippen molar-refractivity contribution in [1.29, 1.82) is 0 Å². The number of aromatic amines is 1. The molecule has 0 radical (unpaired) electrons. The van der Waals surface area contributed by atoms with E-state index in [1.54, 1.807) is 6.92 Å². The fourth-order valence-corrected chi connectivity index (χ4v) is 6.29. The highest BCUT2D eigenvalue weighted by Crippen LogP contribution is 2.44. The third-order valence-electron chi connectivity index (χ3n) is 8.06. The summed E-state index contributed by atoms with van der Waals surface area (Å²) in [7, 11) is 0. The van der Waals surface area contributed by atoms with E-state index in [9.17, 15) is 13.6 Å². The molecular formula is C29H32F4N2O2. The van der Waals surface area contributed by atoms with Crippen molar-refractivity contribution in [2.24, 2.45) is 5.92 Å². The number of para-hydroxylation sites is 1. The van der Waals surface area contributed by atoms with E-state index in [1.807, 2.05) is 31.2 Å². The molecule has 1 aliphatic heterocycles. The molecule has 4 nitrogen and oxygen atoms in total. The van der Waals surface area contributed by atoms with Gasteiger partial charge in [-0.3, -0.25) is 9.69 Å². The lowest BCUT2D eigenvalue weighted by molar-refractivity contribution is -0.149. The van der Waals surface area contributed by atoms with Crippen LogP contribution in [0.3, 0.4) is 0 Å². The molecule has 198 valence electrons. The molecule has 0 spiro atoms. The van der Waals surface area contributed by atoms with E-state index < -0.39 is 30.6 Å². The lowest BCUT2D eigenvalue weighted by Gasteiger charge is -2.41. The van der Waals surface area contributed by atoms with E-state index in [2.05, 4.69) is 4.98 Å². The number of hydrogen-bond donors (Lipinski definition) is 1. The predicted molar refractivity (Wildman–Crippen MR) is 134 cm³/mol. The van der Waals surface area contributed by atoms with Crippen LogP contribution in [0.25, 0.3) is 10.9 Å². The molecule has 37 heavy (non-hydrogen) atoms. The number of esters is 1. The number of benzene rings is 2. The first-order valence-corrected chi connectivity index (χ1v) is 13.1. The first-order valence-electron chi connectivity index (χ1n) is 13.1. The second-order valence-electron chi connectivity index (χ2n) is 10.3. The van der Waals surface area contributed by atoms with Gasteiger partial charge in [0.1, 0.15) is 11.6 Å². The monoisotopic (exact) mass is 516 g/mol. The zero-order chi connectivity index (χ0) is 26.3. The number of carbonyl (C=O) groups excluding carboxylic acids is 1. The number of H-pyrrole nitrogens is 1. The van der Waals surface area contributed by atoms with Gasteiger partial charge in [0.15, 0.2) is 0 Å². The van der Waals surface area contributed by atoms with Gasteiger partial charge in [0.2, 0.25) is 0 Å². The van der Waals surface area contributed by atoms with E-state index in [0.717, 1.165) is 16.5 Å². The Morgan fingerprint density at radius 1 is 1.11 bits per heavy atom. The van der Waals surface area contributed by atoms with Crippen molar-refractivity contribution in [2.75, 3.05) is 13.2 Å². The number of ether oxygens (including phenoxy) is 1. The number of nitrogens with zero attached hydrogens (tertiary/aromatic N) is 1. The molecule has 2 aliphatic rings. The van der Waals surface area contributed by atoms with Crippen LogP contribution >= 0.6 is 0 Å². The Morgan fingerprint density at radius 3 is 2.43 bits per heavy atom. The second-order valence-corrected chi connectivity index (χ2v) is 10.3. The number of alkyl halides is 2. The number of halogens is 4. The Bertz CT molecular complexity index is 1260. The summed E-state index contributed by atoms with van der Waals surface area (Å²) in [6.45, 7) is 3.34. The molecule has 0 saturated heterocycles. The SMILES string of the molecule is CCOC(=O)C1CCC(c2cc(F)c(C3c4[nH]c5ccccc5c4C[C@@H](C)N3CC(F)F)c(F)c2)CC1. The summed E-state index contributed by atoms with van der Waals surface area (Å²) >= 11 is 0. The molecule has 1 unspecified atom stereocenters. The van der Waals surface area contributed by atoms with Crippen LogP contribution in [-0.2, 0) is 16.0 Å². The molecule has 1 aromatic heterocycles. The highest BCUT2D eigenvalue weighted by atomic mass is 19.3. The van der Waals surface area contributed by atoms with E-state index >= 15 is 8.78 Å². The number of rotatable bonds is 6. The van der Waals surface area contributed by atoms with Crippen LogP contribution in [0.2, 0.25) is 0 Å². The Hall–Kier alpha value is -2.87. The lowest BCUT2D eigenvalue weighted by atomic mass is 9.78. The van der Waals surface area contributed by atoms with Crippen LogP contribution in [0.15, 0.2) is 36.4 Å². The Kier molecular flexibility index (Phi) is 7.30. The minimum atomic E-state index is -2.64. The lowest BCUT2D eigenvalue weighted by Crippen LogP contribution is -2.45. The fraction of sp³-hybridized carbons (Fsp3) is 0.483. The number of carbonyl (C=O) groups is 1. The maximum absolute atomic E-state index is 15.8. The number of hydrogen-bond acceptors (Lipinski definition) is 3. The molecule has 1 fully saturated rings. The topological polar surface area (TPSA) is 45.3 Å². The van der Waals surface area contributed by atoms with Crippen molar-refractivity contribution in [1.82, 2.24) is 9.88 Å². The largest absolute Gasteiger partial charge is 0.466 e. The van der Waals surface area contributed by atoms with Gasteiger partial charge in [-0.05, 0) is 81.2 Å². The van der Waals surface area contributed by atoms with Crippen LogP contribution in [0.1, 0.15) is 73.9 Å². The van der Waals surface area contributed by atoms with Crippen molar-refractivity contribution in [3.63, 3.8) is 0 Å². The van der Waals surface area contributed by atoms with Gasteiger partial charge < -0.3 is 9.72 Å². The molecule has 2 atom stereocenters. The second kappa shape index (κ2) is 10.5. The van der Waals surface area contributed by atoms with Crippen LogP contribution in [-0.4, -0.2) is 41.5 Å². The van der Waals surface area contributed by atoms with Gasteiger partial charge in [0.05, 0.1) is 25.1 Å². The predicted octanol–water partition coefficient (Wildman–Crippen LogP) is 6.88. The zero-order valence-electron chi connectivity index (χ0n) is 21.1. The van der Waals surface area contributed by atoms with Gasteiger partial charge >= 0.3 is 5.97 Å². The van der Waals surface area contributed by atoms with Crippen molar-refractivity contribution in [3.8, 4) is 0 Å². The van der Waals surface area contributed by atoms with E-state index in [1.165, 1.54) is 17.0 Å². The minimum absolute atomic E-state index is 0.0743. The van der Waals surface area contributed by atoms with Crippen LogP contribution < -0.4 is 0 Å². The molecule has 1 aliphatic carbocycles. The molecular weight excluding hydrogens is 484 g/mol. The van der Waals surface area contributed by atoms with Crippen LogP contribution in [0.5, 0.6) is 0 Å². The Morgan fingerprint density at radius 2 is 1.78 bits per heavy atom. The molecule has 0 amide bonds. The van der Waals surface area contributed by atoms with E-state index in [0.29, 0.717) is 50.0 Å². The summed E-state index contributed by atoms with van der Waals surface area (Å²) in [5, 5.41) is 0.946. The van der Waals surface area contributed by atoms with Gasteiger partial charge in [-0.1, -0.05) is 18.2 Å². The first-order chi connectivity index (χ1) is 17.8. The molecule has 1 saturated carbocycles. The van der Waals surface area contributed by atoms with Crippen molar-refractivity contribution < 1.29 is 27.1 Å². The fourth-order valence-electron chi connectivity index (χ4n) is 6.29. The minimum Gasteiger partial charge on any atom is -0.466 e. The average molecular weight is 517 g/mol. The summed E-state index contributed by atoms with van der Waals surface area (Å²) in [5.74, 6) is -1.93. The normalized spacial score (nSPS) is 24.4. The van der Waals surface area contributed by atoms with E-state index in [4.69, 9.17) is 4.74 Å². The first kappa shape index (κ1) is 25.8. The molecule has 8 heteroatoms. The highest BCUT2D eigenvalue weighted by Gasteiger charge is 2.40. The van der Waals surface area contributed by atoms with Gasteiger partial charge in [-0.2, -0.15) is 0 Å². The molecule has 1 N–H and O–H groups in total. The van der Waals surface area contributed by atoms with Gasteiger partial charge in [-0.15, -0.1) is 0 Å². The van der Waals surface area contributed by atoms with Crippen LogP contribution in [0, 0.1) is 17.6 Å². The molecule has 0 bridgehead atoms. The molecule has 3 aromatic rings.